The van der Waals surface area contributed by atoms with E-state index in [1.165, 1.54) is 5.69 Å². The minimum absolute atomic E-state index is 0.283. The van der Waals surface area contributed by atoms with E-state index in [2.05, 4.69) is 51.3 Å². The minimum Gasteiger partial charge on any atom is -0.399 e. The Morgan fingerprint density at radius 1 is 1.21 bits per heavy atom. The van der Waals surface area contributed by atoms with Gasteiger partial charge in [-0.25, -0.2) is 0 Å². The fourth-order valence-corrected chi connectivity index (χ4v) is 3.01. The first-order valence-electron chi connectivity index (χ1n) is 7.16. The predicted octanol–water partition coefficient (Wildman–Crippen LogP) is 2.00. The van der Waals surface area contributed by atoms with Crippen molar-refractivity contribution >= 4 is 12.6 Å². The summed E-state index contributed by atoms with van der Waals surface area (Å²) in [6.45, 7) is 13.7. The lowest BCUT2D eigenvalue weighted by atomic mass is 9.75. The second-order valence-corrected chi connectivity index (χ2v) is 6.89. The molecule has 0 radical (unpaired) electrons. The number of fused-ring (bicyclic) bond motifs is 1. The van der Waals surface area contributed by atoms with Gasteiger partial charge in [-0.2, -0.15) is 5.10 Å². The first kappa shape index (κ1) is 13.2. The summed E-state index contributed by atoms with van der Waals surface area (Å²) in [4.78, 5) is 0. The molecule has 104 valence electrons. The molecule has 0 aromatic carbocycles. The van der Waals surface area contributed by atoms with E-state index in [4.69, 9.17) is 9.31 Å². The van der Waals surface area contributed by atoms with E-state index in [9.17, 15) is 0 Å². The third-order valence-corrected chi connectivity index (χ3v) is 4.94. The highest BCUT2D eigenvalue weighted by Gasteiger charge is 2.53. The van der Waals surface area contributed by atoms with Crippen molar-refractivity contribution in [1.82, 2.24) is 9.78 Å². The van der Waals surface area contributed by atoms with Crippen molar-refractivity contribution in [2.24, 2.45) is 0 Å². The summed E-state index contributed by atoms with van der Waals surface area (Å²) in [5, 5.41) is 4.64. The number of nitrogens with zero attached hydrogens (tertiary/aromatic N) is 2. The molecule has 0 bridgehead atoms. The van der Waals surface area contributed by atoms with Crippen LogP contribution in [-0.2, 0) is 15.9 Å². The fourth-order valence-electron chi connectivity index (χ4n) is 3.01. The average molecular weight is 262 g/mol. The number of aromatic nitrogens is 2. The van der Waals surface area contributed by atoms with E-state index in [0.717, 1.165) is 24.1 Å². The highest BCUT2D eigenvalue weighted by Crippen LogP contribution is 2.38. The standard InChI is InChI=1S/C14H23BN2O2/c1-9-7-8-17-12(9)11(10(2)16-17)15-18-13(3,4)14(5,6)19-15/h9H,7-8H2,1-6H3. The van der Waals surface area contributed by atoms with Crippen LogP contribution in [0, 0.1) is 6.92 Å². The van der Waals surface area contributed by atoms with Gasteiger partial charge in [-0.1, -0.05) is 6.92 Å². The Morgan fingerprint density at radius 2 is 1.79 bits per heavy atom. The van der Waals surface area contributed by atoms with Crippen LogP contribution < -0.4 is 5.46 Å². The molecule has 2 aliphatic heterocycles. The van der Waals surface area contributed by atoms with Crippen LogP contribution in [-0.4, -0.2) is 28.1 Å². The van der Waals surface area contributed by atoms with Crippen molar-refractivity contribution in [2.75, 3.05) is 0 Å². The summed E-state index contributed by atoms with van der Waals surface area (Å²) in [5.74, 6) is 0.537. The molecule has 0 spiro atoms. The van der Waals surface area contributed by atoms with Crippen molar-refractivity contribution in [3.05, 3.63) is 11.4 Å². The van der Waals surface area contributed by atoms with Gasteiger partial charge in [0.2, 0.25) is 0 Å². The SMILES string of the molecule is Cc1nn2c(c1B1OC(C)(C)C(C)(C)O1)C(C)CC2. The number of hydrogen-bond acceptors (Lipinski definition) is 3. The van der Waals surface area contributed by atoms with Gasteiger partial charge >= 0.3 is 7.12 Å². The summed E-state index contributed by atoms with van der Waals surface area (Å²) in [6, 6.07) is 0. The van der Waals surface area contributed by atoms with Gasteiger partial charge in [0, 0.05) is 17.7 Å². The Bertz CT molecular complexity index is 506. The molecule has 1 aromatic heterocycles. The molecular weight excluding hydrogens is 239 g/mol. The third-order valence-electron chi connectivity index (χ3n) is 4.94. The number of aryl methyl sites for hydroxylation is 2. The van der Waals surface area contributed by atoms with E-state index in [1.807, 2.05) is 0 Å². The topological polar surface area (TPSA) is 36.3 Å². The first-order chi connectivity index (χ1) is 8.73. The summed E-state index contributed by atoms with van der Waals surface area (Å²) in [7, 11) is -0.283. The molecule has 4 nitrogen and oxygen atoms in total. The van der Waals surface area contributed by atoms with Gasteiger partial charge in [-0.15, -0.1) is 0 Å². The zero-order chi connectivity index (χ0) is 14.0. The smallest absolute Gasteiger partial charge is 0.399 e. The summed E-state index contributed by atoms with van der Waals surface area (Å²) >= 11 is 0. The molecule has 0 N–H and O–H groups in total. The van der Waals surface area contributed by atoms with E-state index < -0.39 is 0 Å². The zero-order valence-electron chi connectivity index (χ0n) is 12.8. The van der Waals surface area contributed by atoms with Gasteiger partial charge in [-0.3, -0.25) is 4.68 Å². The van der Waals surface area contributed by atoms with Crippen molar-refractivity contribution in [3.8, 4) is 0 Å². The Balaban J connectivity index is 2.02. The minimum atomic E-state index is -0.291. The maximum Gasteiger partial charge on any atom is 0.498 e. The van der Waals surface area contributed by atoms with Crippen LogP contribution in [0.3, 0.4) is 0 Å². The van der Waals surface area contributed by atoms with Gasteiger partial charge < -0.3 is 9.31 Å². The van der Waals surface area contributed by atoms with Crippen molar-refractivity contribution in [3.63, 3.8) is 0 Å². The molecule has 0 saturated carbocycles. The van der Waals surface area contributed by atoms with Gasteiger partial charge in [0.15, 0.2) is 0 Å². The lowest BCUT2D eigenvalue weighted by molar-refractivity contribution is 0.00578. The average Bonchev–Trinajstić information content (AvgIpc) is 2.82. The zero-order valence-corrected chi connectivity index (χ0v) is 12.8. The Morgan fingerprint density at radius 3 is 2.37 bits per heavy atom. The van der Waals surface area contributed by atoms with Crippen LogP contribution in [0.5, 0.6) is 0 Å². The molecule has 5 heteroatoms. The van der Waals surface area contributed by atoms with Gasteiger partial charge in [0.05, 0.1) is 16.9 Å². The monoisotopic (exact) mass is 262 g/mol. The van der Waals surface area contributed by atoms with Crippen LogP contribution in [0.4, 0.5) is 0 Å². The van der Waals surface area contributed by atoms with Crippen molar-refractivity contribution in [2.45, 2.75) is 71.6 Å². The largest absolute Gasteiger partial charge is 0.498 e. The Hall–Kier alpha value is -0.805. The second-order valence-electron chi connectivity index (χ2n) is 6.89. The quantitative estimate of drug-likeness (QED) is 0.726. The number of rotatable bonds is 1. The Kier molecular flexibility index (Phi) is 2.68. The molecule has 1 atom stereocenters. The van der Waals surface area contributed by atoms with E-state index in [0.29, 0.717) is 5.92 Å². The fraction of sp³-hybridized carbons (Fsp3) is 0.786. The molecule has 1 saturated heterocycles. The van der Waals surface area contributed by atoms with E-state index in [-0.39, 0.29) is 18.3 Å². The van der Waals surface area contributed by atoms with Crippen LogP contribution in [0.1, 0.15) is 58.3 Å². The third kappa shape index (κ3) is 1.78. The van der Waals surface area contributed by atoms with E-state index in [1.54, 1.807) is 0 Å². The predicted molar refractivity (Wildman–Crippen MR) is 75.7 cm³/mol. The maximum absolute atomic E-state index is 6.19. The normalized spacial score (nSPS) is 27.9. The molecular formula is C14H23BN2O2. The maximum atomic E-state index is 6.19. The lowest BCUT2D eigenvalue weighted by Gasteiger charge is -2.32. The van der Waals surface area contributed by atoms with Gasteiger partial charge in [0.25, 0.3) is 0 Å². The molecule has 3 heterocycles. The summed E-state index contributed by atoms with van der Waals surface area (Å²) in [5.41, 5.74) is 2.92. The number of hydrogen-bond donors (Lipinski definition) is 0. The highest BCUT2D eigenvalue weighted by molar-refractivity contribution is 6.63. The summed E-state index contributed by atoms with van der Waals surface area (Å²) < 4.78 is 14.5. The van der Waals surface area contributed by atoms with Crippen LogP contribution >= 0.6 is 0 Å². The molecule has 2 aliphatic rings. The van der Waals surface area contributed by atoms with Crippen LogP contribution in [0.15, 0.2) is 0 Å². The van der Waals surface area contributed by atoms with Crippen molar-refractivity contribution in [1.29, 1.82) is 0 Å². The van der Waals surface area contributed by atoms with Crippen LogP contribution in [0.25, 0.3) is 0 Å². The molecule has 3 rings (SSSR count). The van der Waals surface area contributed by atoms with Crippen molar-refractivity contribution < 1.29 is 9.31 Å². The molecule has 1 unspecified atom stereocenters. The molecule has 0 amide bonds. The lowest BCUT2D eigenvalue weighted by Crippen LogP contribution is -2.41. The highest BCUT2D eigenvalue weighted by atomic mass is 16.7. The molecule has 1 aromatic rings. The molecule has 0 aliphatic carbocycles. The summed E-state index contributed by atoms with van der Waals surface area (Å²) in [6.07, 6.45) is 1.16. The molecule has 19 heavy (non-hydrogen) atoms. The molecule has 1 fully saturated rings. The van der Waals surface area contributed by atoms with Crippen LogP contribution in [0.2, 0.25) is 0 Å². The van der Waals surface area contributed by atoms with Gasteiger partial charge in [0.1, 0.15) is 0 Å². The second kappa shape index (κ2) is 3.86. The Labute approximate surface area is 115 Å². The first-order valence-corrected chi connectivity index (χ1v) is 7.16. The van der Waals surface area contributed by atoms with Gasteiger partial charge in [-0.05, 0) is 47.0 Å². The van der Waals surface area contributed by atoms with E-state index >= 15 is 0 Å².